The van der Waals surface area contributed by atoms with Crippen LogP contribution in [-0.2, 0) is 0 Å². The van der Waals surface area contributed by atoms with Gasteiger partial charge in [0.2, 0.25) is 0 Å². The van der Waals surface area contributed by atoms with Crippen molar-refractivity contribution < 1.29 is 0 Å². The standard InChI is InChI=1S/C15H24N2/c1-3-4-11-17(2)12-13-9-10-16-15-8-6-5-7-14(13)15/h5-8,13,16H,3-4,9-12H2,1-2H3. The summed E-state index contributed by atoms with van der Waals surface area (Å²) in [5.74, 6) is 0.703. The highest BCUT2D eigenvalue weighted by Crippen LogP contribution is 2.31. The molecule has 1 aromatic carbocycles. The van der Waals surface area contributed by atoms with Crippen LogP contribution in [0, 0.1) is 0 Å². The number of hydrogen-bond acceptors (Lipinski definition) is 2. The van der Waals surface area contributed by atoms with Crippen LogP contribution in [0.15, 0.2) is 24.3 Å². The van der Waals surface area contributed by atoms with Crippen molar-refractivity contribution >= 4 is 5.69 Å². The number of likely N-dealkylation sites (N-methyl/N-ethyl adjacent to an activating group) is 1. The normalized spacial score (nSPS) is 18.9. The molecule has 17 heavy (non-hydrogen) atoms. The maximum Gasteiger partial charge on any atom is 0.0376 e. The highest BCUT2D eigenvalue weighted by atomic mass is 15.1. The first-order valence-electron chi connectivity index (χ1n) is 6.82. The summed E-state index contributed by atoms with van der Waals surface area (Å²) in [4.78, 5) is 2.48. The quantitative estimate of drug-likeness (QED) is 0.838. The fourth-order valence-electron chi connectivity index (χ4n) is 2.64. The van der Waals surface area contributed by atoms with Crippen LogP contribution < -0.4 is 5.32 Å². The van der Waals surface area contributed by atoms with Crippen molar-refractivity contribution in [1.82, 2.24) is 4.90 Å². The predicted octanol–water partition coefficient (Wildman–Crippen LogP) is 3.32. The molecule has 0 saturated heterocycles. The second-order valence-corrected chi connectivity index (χ2v) is 5.12. The lowest BCUT2D eigenvalue weighted by molar-refractivity contribution is 0.300. The van der Waals surface area contributed by atoms with Crippen LogP contribution in [0.25, 0.3) is 0 Å². The fraction of sp³-hybridized carbons (Fsp3) is 0.600. The lowest BCUT2D eigenvalue weighted by Gasteiger charge is -2.30. The topological polar surface area (TPSA) is 15.3 Å². The van der Waals surface area contributed by atoms with Crippen molar-refractivity contribution in [1.29, 1.82) is 0 Å². The number of anilines is 1. The van der Waals surface area contributed by atoms with Gasteiger partial charge in [-0.25, -0.2) is 0 Å². The highest BCUT2D eigenvalue weighted by Gasteiger charge is 2.20. The Kier molecular flexibility index (Phi) is 4.43. The van der Waals surface area contributed by atoms with Crippen LogP contribution in [0.4, 0.5) is 5.69 Å². The molecule has 2 heteroatoms. The molecular formula is C15H24N2. The van der Waals surface area contributed by atoms with E-state index in [1.165, 1.54) is 43.6 Å². The van der Waals surface area contributed by atoms with Crippen LogP contribution in [0.5, 0.6) is 0 Å². The van der Waals surface area contributed by atoms with E-state index in [-0.39, 0.29) is 0 Å². The molecule has 1 N–H and O–H groups in total. The van der Waals surface area contributed by atoms with Gasteiger partial charge in [-0.3, -0.25) is 0 Å². The predicted molar refractivity (Wildman–Crippen MR) is 74.7 cm³/mol. The van der Waals surface area contributed by atoms with Crippen molar-refractivity contribution in [2.75, 3.05) is 32.0 Å². The second kappa shape index (κ2) is 6.06. The third kappa shape index (κ3) is 3.22. The fourth-order valence-corrected chi connectivity index (χ4v) is 2.64. The molecule has 1 aliphatic rings. The van der Waals surface area contributed by atoms with E-state index in [1.807, 2.05) is 0 Å². The lowest BCUT2D eigenvalue weighted by atomic mass is 9.90. The van der Waals surface area contributed by atoms with Crippen molar-refractivity contribution in [2.45, 2.75) is 32.1 Å². The molecule has 2 nitrogen and oxygen atoms in total. The maximum absolute atomic E-state index is 3.49. The van der Waals surface area contributed by atoms with E-state index in [0.29, 0.717) is 5.92 Å². The number of unbranched alkanes of at least 4 members (excludes halogenated alkanes) is 1. The average molecular weight is 232 g/mol. The summed E-state index contributed by atoms with van der Waals surface area (Å²) in [5, 5.41) is 3.49. The molecule has 1 atom stereocenters. The number of rotatable bonds is 5. The Morgan fingerprint density at radius 1 is 1.35 bits per heavy atom. The molecule has 0 fully saturated rings. The van der Waals surface area contributed by atoms with Crippen LogP contribution in [0.3, 0.4) is 0 Å². The molecule has 1 aliphatic heterocycles. The van der Waals surface area contributed by atoms with E-state index in [2.05, 4.69) is 48.5 Å². The average Bonchev–Trinajstić information content (AvgIpc) is 2.37. The van der Waals surface area contributed by atoms with Gasteiger partial charge in [0.1, 0.15) is 0 Å². The van der Waals surface area contributed by atoms with Crippen molar-refractivity contribution in [2.24, 2.45) is 0 Å². The number of hydrogen-bond donors (Lipinski definition) is 1. The number of fused-ring (bicyclic) bond motifs is 1. The molecule has 0 aromatic heterocycles. The first kappa shape index (κ1) is 12.4. The van der Waals surface area contributed by atoms with Gasteiger partial charge in [-0.2, -0.15) is 0 Å². The van der Waals surface area contributed by atoms with Gasteiger partial charge in [-0.05, 0) is 38.1 Å². The molecule has 2 rings (SSSR count). The van der Waals surface area contributed by atoms with Crippen LogP contribution in [0.2, 0.25) is 0 Å². The molecular weight excluding hydrogens is 208 g/mol. The first-order valence-corrected chi connectivity index (χ1v) is 6.82. The Morgan fingerprint density at radius 2 is 2.18 bits per heavy atom. The van der Waals surface area contributed by atoms with Gasteiger partial charge < -0.3 is 10.2 Å². The Balaban J connectivity index is 1.98. The summed E-state index contributed by atoms with van der Waals surface area (Å²) < 4.78 is 0. The highest BCUT2D eigenvalue weighted by molar-refractivity contribution is 5.54. The van der Waals surface area contributed by atoms with Crippen LogP contribution >= 0.6 is 0 Å². The zero-order valence-corrected chi connectivity index (χ0v) is 11.1. The Morgan fingerprint density at radius 3 is 3.00 bits per heavy atom. The number of benzene rings is 1. The first-order chi connectivity index (χ1) is 8.31. The molecule has 1 aromatic rings. The van der Waals surface area contributed by atoms with E-state index in [9.17, 15) is 0 Å². The van der Waals surface area contributed by atoms with Crippen molar-refractivity contribution in [3.05, 3.63) is 29.8 Å². The molecule has 0 spiro atoms. The molecule has 0 aliphatic carbocycles. The summed E-state index contributed by atoms with van der Waals surface area (Å²) in [6.07, 6.45) is 3.85. The molecule has 1 heterocycles. The number of nitrogens with one attached hydrogen (secondary N) is 1. The van der Waals surface area contributed by atoms with E-state index in [1.54, 1.807) is 0 Å². The summed E-state index contributed by atoms with van der Waals surface area (Å²) in [6, 6.07) is 8.76. The van der Waals surface area contributed by atoms with Gasteiger partial charge >= 0.3 is 0 Å². The van der Waals surface area contributed by atoms with Gasteiger partial charge in [0.05, 0.1) is 0 Å². The third-order valence-corrected chi connectivity index (χ3v) is 3.63. The zero-order chi connectivity index (χ0) is 12.1. The minimum absolute atomic E-state index is 0.703. The Labute approximate surface area is 105 Å². The van der Waals surface area contributed by atoms with Gasteiger partial charge in [0, 0.05) is 24.7 Å². The minimum atomic E-state index is 0.703. The molecule has 0 saturated carbocycles. The summed E-state index contributed by atoms with van der Waals surface area (Å²) in [7, 11) is 2.25. The van der Waals surface area contributed by atoms with Gasteiger partial charge in [-0.15, -0.1) is 0 Å². The van der Waals surface area contributed by atoms with E-state index in [0.717, 1.165) is 6.54 Å². The van der Waals surface area contributed by atoms with Crippen molar-refractivity contribution in [3.8, 4) is 0 Å². The van der Waals surface area contributed by atoms with E-state index < -0.39 is 0 Å². The molecule has 0 amide bonds. The van der Waals surface area contributed by atoms with E-state index in [4.69, 9.17) is 0 Å². The van der Waals surface area contributed by atoms with Gasteiger partial charge in [-0.1, -0.05) is 31.5 Å². The maximum atomic E-state index is 3.49. The molecule has 1 unspecified atom stereocenters. The van der Waals surface area contributed by atoms with Crippen LogP contribution in [-0.4, -0.2) is 31.6 Å². The van der Waals surface area contributed by atoms with Gasteiger partial charge in [0.25, 0.3) is 0 Å². The molecule has 94 valence electrons. The van der Waals surface area contributed by atoms with Gasteiger partial charge in [0.15, 0.2) is 0 Å². The second-order valence-electron chi connectivity index (χ2n) is 5.12. The lowest BCUT2D eigenvalue weighted by Crippen LogP contribution is -2.29. The minimum Gasteiger partial charge on any atom is -0.385 e. The third-order valence-electron chi connectivity index (χ3n) is 3.63. The van der Waals surface area contributed by atoms with Crippen LogP contribution in [0.1, 0.15) is 37.7 Å². The monoisotopic (exact) mass is 232 g/mol. The summed E-state index contributed by atoms with van der Waals surface area (Å²) in [6.45, 7) is 5.79. The smallest absolute Gasteiger partial charge is 0.0376 e. The molecule has 0 bridgehead atoms. The summed E-state index contributed by atoms with van der Waals surface area (Å²) in [5.41, 5.74) is 2.84. The largest absolute Gasteiger partial charge is 0.385 e. The summed E-state index contributed by atoms with van der Waals surface area (Å²) >= 11 is 0. The molecule has 0 radical (unpaired) electrons. The number of para-hydroxylation sites is 1. The van der Waals surface area contributed by atoms with E-state index >= 15 is 0 Å². The Bertz CT molecular complexity index is 349. The SMILES string of the molecule is CCCCN(C)CC1CCNc2ccccc21. The number of nitrogens with zero attached hydrogens (tertiary/aromatic N) is 1. The zero-order valence-electron chi connectivity index (χ0n) is 11.1. The van der Waals surface area contributed by atoms with Crippen molar-refractivity contribution in [3.63, 3.8) is 0 Å². The Hall–Kier alpha value is -1.02.